The van der Waals surface area contributed by atoms with Crippen LogP contribution >= 0.6 is 41.9 Å². The molecule has 0 nitrogen and oxygen atoms in total. The van der Waals surface area contributed by atoms with Crippen molar-refractivity contribution in [1.82, 2.24) is 0 Å². The summed E-state index contributed by atoms with van der Waals surface area (Å²) in [5.41, 5.74) is 0. The van der Waals surface area contributed by atoms with Gasteiger partial charge >= 0.3 is 0 Å². The summed E-state index contributed by atoms with van der Waals surface area (Å²) in [5.74, 6) is 0. The number of hydrogen-bond donors (Lipinski definition) is 0. The summed E-state index contributed by atoms with van der Waals surface area (Å²) in [6.07, 6.45) is 5.68. The quantitative estimate of drug-likeness (QED) is 0.699. The summed E-state index contributed by atoms with van der Waals surface area (Å²) < 4.78 is 0. The van der Waals surface area contributed by atoms with E-state index in [1.165, 1.54) is 35.5 Å². The van der Waals surface area contributed by atoms with Crippen molar-refractivity contribution in [3.63, 3.8) is 0 Å². The Labute approximate surface area is 106 Å². The average Bonchev–Trinajstić information content (AvgIpc) is 2.72. The van der Waals surface area contributed by atoms with Gasteiger partial charge in [-0.25, -0.2) is 0 Å². The lowest BCUT2D eigenvalue weighted by molar-refractivity contribution is 0.886. The normalized spacial score (nSPS) is 17.5. The second-order valence-corrected chi connectivity index (χ2v) is 6.89. The second-order valence-electron chi connectivity index (χ2n) is 3.57. The van der Waals surface area contributed by atoms with E-state index in [2.05, 4.69) is 57.2 Å². The van der Waals surface area contributed by atoms with Crippen LogP contribution in [0.3, 0.4) is 0 Å². The molecule has 14 heavy (non-hydrogen) atoms. The molecule has 3 heteroatoms. The Hall–Kier alpha value is 0.650. The van der Waals surface area contributed by atoms with Crippen LogP contribution in [-0.4, -0.2) is 5.25 Å². The maximum absolute atomic E-state index is 2.33. The summed E-state index contributed by atoms with van der Waals surface area (Å²) in [6.45, 7) is 0. The largest absolute Gasteiger partial charge is 0.123 e. The molecule has 0 radical (unpaired) electrons. The lowest BCUT2D eigenvalue weighted by Gasteiger charge is -2.08. The van der Waals surface area contributed by atoms with Crippen molar-refractivity contribution in [2.75, 3.05) is 0 Å². The van der Waals surface area contributed by atoms with Gasteiger partial charge in [0.25, 0.3) is 0 Å². The van der Waals surface area contributed by atoms with Gasteiger partial charge in [-0.3, -0.25) is 0 Å². The fourth-order valence-corrected chi connectivity index (χ4v) is 4.14. The summed E-state index contributed by atoms with van der Waals surface area (Å²) in [5, 5.41) is 0.883. The predicted octanol–water partition coefficient (Wildman–Crippen LogP) is 5.16. The molecular weight excluding hydrogens is 323 g/mol. The van der Waals surface area contributed by atoms with Gasteiger partial charge in [-0.15, -0.1) is 11.8 Å². The first kappa shape index (κ1) is 11.1. The molecule has 0 unspecified atom stereocenters. The zero-order valence-electron chi connectivity index (χ0n) is 7.91. The number of rotatable bonds is 3. The molecule has 1 fully saturated rings. The molecule has 1 saturated carbocycles. The number of hydrogen-bond acceptors (Lipinski definition) is 2. The lowest BCUT2D eigenvalue weighted by Crippen LogP contribution is -1.92. The lowest BCUT2D eigenvalue weighted by atomic mass is 10.4. The maximum atomic E-state index is 2.33. The molecule has 0 aliphatic heterocycles. The van der Waals surface area contributed by atoms with E-state index < -0.39 is 0 Å². The third-order valence-corrected chi connectivity index (χ3v) is 5.84. The van der Waals surface area contributed by atoms with Crippen LogP contribution in [0.15, 0.2) is 34.1 Å². The molecule has 0 spiro atoms. The predicted molar refractivity (Wildman–Crippen MR) is 74.4 cm³/mol. The van der Waals surface area contributed by atoms with Gasteiger partial charge in [-0.05, 0) is 37.1 Å². The van der Waals surface area contributed by atoms with Crippen molar-refractivity contribution >= 4 is 41.9 Å². The van der Waals surface area contributed by atoms with Crippen LogP contribution in [-0.2, 0) is 0 Å². The van der Waals surface area contributed by atoms with E-state index in [4.69, 9.17) is 0 Å². The highest BCUT2D eigenvalue weighted by Gasteiger charge is 2.15. The van der Waals surface area contributed by atoms with E-state index in [1.807, 2.05) is 0 Å². The number of halogens is 1. The molecule has 0 aromatic heterocycles. The summed E-state index contributed by atoms with van der Waals surface area (Å²) >= 11 is 4.38. The Morgan fingerprint density at radius 3 is 2.14 bits per heavy atom. The van der Waals surface area contributed by atoms with Crippen LogP contribution < -0.4 is 0 Å². The van der Waals surface area contributed by atoms with E-state index >= 15 is 0 Å². The fraction of sp³-hybridized carbons (Fsp3) is 0.455. The highest BCUT2D eigenvalue weighted by atomic mass is 127. The molecule has 0 bridgehead atoms. The van der Waals surface area contributed by atoms with Crippen molar-refractivity contribution in [2.45, 2.75) is 40.7 Å². The third-order valence-electron chi connectivity index (χ3n) is 2.52. The molecule has 0 amide bonds. The molecule has 0 saturated heterocycles. The van der Waals surface area contributed by atoms with E-state index in [1.54, 1.807) is 8.93 Å². The molecule has 1 aromatic carbocycles. The van der Waals surface area contributed by atoms with Crippen LogP contribution in [0.2, 0.25) is 0 Å². The zero-order valence-corrected chi connectivity index (χ0v) is 11.7. The van der Waals surface area contributed by atoms with Gasteiger partial charge in [-0.1, -0.05) is 21.8 Å². The first-order valence-corrected chi connectivity index (χ1v) is 9.18. The van der Waals surface area contributed by atoms with Crippen LogP contribution in [0.25, 0.3) is 0 Å². The molecule has 0 heterocycles. The van der Waals surface area contributed by atoms with Crippen LogP contribution in [0.5, 0.6) is 0 Å². The average molecular weight is 336 g/mol. The minimum atomic E-state index is 0.883. The highest BCUT2D eigenvalue weighted by molar-refractivity contribution is 14.2. The monoisotopic (exact) mass is 336 g/mol. The molecule has 0 N–H and O–H groups in total. The van der Waals surface area contributed by atoms with Gasteiger partial charge in [0.15, 0.2) is 0 Å². The maximum Gasteiger partial charge on any atom is 0.0179 e. The van der Waals surface area contributed by atoms with Gasteiger partial charge in [-0.2, -0.15) is 0 Å². The molecule has 2 rings (SSSR count). The first-order valence-electron chi connectivity index (χ1n) is 4.94. The van der Waals surface area contributed by atoms with Crippen LogP contribution in [0, 0.1) is 0 Å². The molecule has 1 aliphatic rings. The third kappa shape index (κ3) is 3.07. The highest BCUT2D eigenvalue weighted by Crippen LogP contribution is 2.35. The standard InChI is InChI=1S/C11H13IS2/c12-14-11-7-5-10(6-8-11)13-9-3-1-2-4-9/h5-9H,1-4H2. The molecule has 0 atom stereocenters. The van der Waals surface area contributed by atoms with Gasteiger partial charge in [0.2, 0.25) is 0 Å². The zero-order chi connectivity index (χ0) is 9.80. The fourth-order valence-electron chi connectivity index (χ4n) is 1.77. The van der Waals surface area contributed by atoms with Crippen molar-refractivity contribution in [3.8, 4) is 0 Å². The van der Waals surface area contributed by atoms with Gasteiger partial charge < -0.3 is 0 Å². The first-order chi connectivity index (χ1) is 6.88. The van der Waals surface area contributed by atoms with Gasteiger partial charge in [0.05, 0.1) is 0 Å². The van der Waals surface area contributed by atoms with E-state index in [0.717, 1.165) is 5.25 Å². The molecular formula is C11H13IS2. The Kier molecular flexibility index (Phi) is 4.50. The smallest absolute Gasteiger partial charge is 0.0179 e. The van der Waals surface area contributed by atoms with E-state index in [9.17, 15) is 0 Å². The van der Waals surface area contributed by atoms with E-state index in [0.29, 0.717) is 0 Å². The Morgan fingerprint density at radius 1 is 1.00 bits per heavy atom. The Morgan fingerprint density at radius 2 is 1.57 bits per heavy atom. The minimum Gasteiger partial charge on any atom is -0.123 e. The topological polar surface area (TPSA) is 0 Å². The minimum absolute atomic E-state index is 0.883. The summed E-state index contributed by atoms with van der Waals surface area (Å²) in [6, 6.07) is 8.94. The van der Waals surface area contributed by atoms with Crippen LogP contribution in [0.4, 0.5) is 0 Å². The van der Waals surface area contributed by atoms with Gasteiger partial charge in [0.1, 0.15) is 0 Å². The second kappa shape index (κ2) is 5.66. The van der Waals surface area contributed by atoms with E-state index in [-0.39, 0.29) is 0 Å². The SMILES string of the molecule is ISc1ccc(SC2CCCC2)cc1. The number of benzene rings is 1. The Balaban J connectivity index is 1.95. The number of thioether (sulfide) groups is 1. The van der Waals surface area contributed by atoms with Crippen molar-refractivity contribution in [1.29, 1.82) is 0 Å². The van der Waals surface area contributed by atoms with Crippen molar-refractivity contribution < 1.29 is 0 Å². The van der Waals surface area contributed by atoms with Gasteiger partial charge in [0, 0.05) is 36.2 Å². The molecule has 76 valence electrons. The molecule has 1 aliphatic carbocycles. The summed E-state index contributed by atoms with van der Waals surface area (Å²) in [4.78, 5) is 2.78. The summed E-state index contributed by atoms with van der Waals surface area (Å²) in [7, 11) is 1.78. The molecule has 1 aromatic rings. The van der Waals surface area contributed by atoms with Crippen LogP contribution in [0.1, 0.15) is 25.7 Å². The van der Waals surface area contributed by atoms with Crippen molar-refractivity contribution in [3.05, 3.63) is 24.3 Å². The Bertz CT molecular complexity index is 278. The van der Waals surface area contributed by atoms with Crippen molar-refractivity contribution in [2.24, 2.45) is 0 Å².